The molecule has 0 radical (unpaired) electrons. The number of aryl methyl sites for hydroxylation is 1. The Bertz CT molecular complexity index is 789. The van der Waals surface area contributed by atoms with Gasteiger partial charge in [-0.3, -0.25) is 0 Å². The van der Waals surface area contributed by atoms with Gasteiger partial charge in [-0.1, -0.05) is 35.5 Å². The third kappa shape index (κ3) is 3.50. The van der Waals surface area contributed by atoms with Crippen molar-refractivity contribution in [3.63, 3.8) is 0 Å². The quantitative estimate of drug-likeness (QED) is 0.786. The van der Waals surface area contributed by atoms with Gasteiger partial charge in [0.2, 0.25) is 10.0 Å². The molecule has 24 heavy (non-hydrogen) atoms. The molecule has 2 heterocycles. The van der Waals surface area contributed by atoms with Gasteiger partial charge in [0.1, 0.15) is 5.69 Å². The standard InChI is InChI=1S/C16H22N4O3S/c1-3-19-14-9-10-20(24(2,21)22)15(16(14)17-18-19)12-23-11-13-7-5-4-6-8-13/h4-8,15H,3,9-12H2,1-2H3/t15-/m1/s1. The predicted molar refractivity (Wildman–Crippen MR) is 89.8 cm³/mol. The van der Waals surface area contributed by atoms with Crippen LogP contribution in [0, 0.1) is 0 Å². The molecule has 0 bridgehead atoms. The number of hydrogen-bond donors (Lipinski definition) is 0. The smallest absolute Gasteiger partial charge is 0.211 e. The summed E-state index contributed by atoms with van der Waals surface area (Å²) in [6.45, 7) is 3.85. The van der Waals surface area contributed by atoms with Crippen molar-refractivity contribution < 1.29 is 13.2 Å². The fraction of sp³-hybridized carbons (Fsp3) is 0.500. The summed E-state index contributed by atoms with van der Waals surface area (Å²) < 4.78 is 33.4. The molecule has 0 amide bonds. The van der Waals surface area contributed by atoms with Crippen molar-refractivity contribution >= 4 is 10.0 Å². The van der Waals surface area contributed by atoms with Crippen LogP contribution >= 0.6 is 0 Å². The molecule has 130 valence electrons. The van der Waals surface area contributed by atoms with Crippen LogP contribution in [0.1, 0.15) is 29.9 Å². The van der Waals surface area contributed by atoms with Crippen molar-refractivity contribution in [3.8, 4) is 0 Å². The van der Waals surface area contributed by atoms with Crippen LogP contribution < -0.4 is 0 Å². The lowest BCUT2D eigenvalue weighted by molar-refractivity contribution is 0.0722. The van der Waals surface area contributed by atoms with Gasteiger partial charge in [0.05, 0.1) is 31.2 Å². The second-order valence-corrected chi connectivity index (χ2v) is 7.81. The third-order valence-corrected chi connectivity index (χ3v) is 5.50. The van der Waals surface area contributed by atoms with Crippen LogP contribution in [0.2, 0.25) is 0 Å². The molecule has 7 nitrogen and oxygen atoms in total. The van der Waals surface area contributed by atoms with E-state index in [0.717, 1.165) is 17.8 Å². The van der Waals surface area contributed by atoms with Gasteiger partial charge in [0, 0.05) is 19.5 Å². The Morgan fingerprint density at radius 3 is 2.71 bits per heavy atom. The van der Waals surface area contributed by atoms with Crippen molar-refractivity contribution in [2.45, 2.75) is 32.5 Å². The third-order valence-electron chi connectivity index (χ3n) is 4.21. The van der Waals surface area contributed by atoms with Crippen LogP contribution in [0.3, 0.4) is 0 Å². The molecule has 0 spiro atoms. The fourth-order valence-electron chi connectivity index (χ4n) is 3.05. The summed E-state index contributed by atoms with van der Waals surface area (Å²) in [5.74, 6) is 0. The van der Waals surface area contributed by atoms with Gasteiger partial charge in [-0.25, -0.2) is 13.1 Å². The predicted octanol–water partition coefficient (Wildman–Crippen LogP) is 1.37. The Morgan fingerprint density at radius 1 is 1.29 bits per heavy atom. The van der Waals surface area contributed by atoms with Gasteiger partial charge in [-0.2, -0.15) is 4.31 Å². The van der Waals surface area contributed by atoms with Crippen molar-refractivity contribution in [1.29, 1.82) is 0 Å². The second kappa shape index (κ2) is 7.00. The summed E-state index contributed by atoms with van der Waals surface area (Å²) in [4.78, 5) is 0. The first-order valence-corrected chi connectivity index (χ1v) is 9.86. The number of ether oxygens (including phenoxy) is 1. The largest absolute Gasteiger partial charge is 0.375 e. The highest BCUT2D eigenvalue weighted by Gasteiger charge is 2.36. The SMILES string of the molecule is CCn1nnc2c1CCN(S(C)(=O)=O)[C@@H]2COCc1ccccc1. The van der Waals surface area contributed by atoms with E-state index in [1.54, 1.807) is 0 Å². The lowest BCUT2D eigenvalue weighted by atomic mass is 10.1. The number of aromatic nitrogens is 3. The molecule has 0 aliphatic carbocycles. The molecule has 0 saturated carbocycles. The van der Waals surface area contributed by atoms with E-state index in [9.17, 15) is 8.42 Å². The van der Waals surface area contributed by atoms with E-state index in [4.69, 9.17) is 4.74 Å². The molecule has 1 aromatic carbocycles. The van der Waals surface area contributed by atoms with Crippen LogP contribution in [0.15, 0.2) is 30.3 Å². The average Bonchev–Trinajstić information content (AvgIpc) is 2.98. The van der Waals surface area contributed by atoms with E-state index in [-0.39, 0.29) is 6.61 Å². The molecule has 0 N–H and O–H groups in total. The average molecular weight is 350 g/mol. The molecule has 1 atom stereocenters. The molecule has 1 aromatic heterocycles. The maximum Gasteiger partial charge on any atom is 0.211 e. The first-order chi connectivity index (χ1) is 11.5. The van der Waals surface area contributed by atoms with E-state index >= 15 is 0 Å². The number of sulfonamides is 1. The zero-order chi connectivity index (χ0) is 17.2. The Kier molecular flexibility index (Phi) is 4.98. The van der Waals surface area contributed by atoms with Crippen LogP contribution in [-0.2, 0) is 34.3 Å². The lowest BCUT2D eigenvalue weighted by Crippen LogP contribution is -2.41. The van der Waals surface area contributed by atoms with Crippen LogP contribution in [0.4, 0.5) is 0 Å². The first kappa shape index (κ1) is 17.1. The van der Waals surface area contributed by atoms with Crippen molar-refractivity contribution in [2.75, 3.05) is 19.4 Å². The number of benzene rings is 1. The summed E-state index contributed by atoms with van der Waals surface area (Å²) >= 11 is 0. The number of nitrogens with zero attached hydrogens (tertiary/aromatic N) is 4. The van der Waals surface area contributed by atoms with Gasteiger partial charge in [-0.15, -0.1) is 5.10 Å². The lowest BCUT2D eigenvalue weighted by Gasteiger charge is -2.32. The molecule has 0 saturated heterocycles. The maximum atomic E-state index is 12.1. The van der Waals surface area contributed by atoms with E-state index in [0.29, 0.717) is 25.3 Å². The van der Waals surface area contributed by atoms with Crippen LogP contribution in [0.5, 0.6) is 0 Å². The normalized spacial score (nSPS) is 18.5. The monoisotopic (exact) mass is 350 g/mol. The summed E-state index contributed by atoms with van der Waals surface area (Å²) in [6, 6.07) is 9.39. The highest BCUT2D eigenvalue weighted by atomic mass is 32.2. The zero-order valence-electron chi connectivity index (χ0n) is 13.9. The van der Waals surface area contributed by atoms with E-state index in [1.165, 1.54) is 10.6 Å². The van der Waals surface area contributed by atoms with Gasteiger partial charge in [-0.05, 0) is 12.5 Å². The molecule has 0 unspecified atom stereocenters. The summed E-state index contributed by atoms with van der Waals surface area (Å²) in [5, 5.41) is 8.36. The highest BCUT2D eigenvalue weighted by molar-refractivity contribution is 7.88. The number of hydrogen-bond acceptors (Lipinski definition) is 5. The van der Waals surface area contributed by atoms with E-state index in [2.05, 4.69) is 10.3 Å². The second-order valence-electron chi connectivity index (χ2n) is 5.88. The van der Waals surface area contributed by atoms with Gasteiger partial charge >= 0.3 is 0 Å². The molecule has 3 rings (SSSR count). The summed E-state index contributed by atoms with van der Waals surface area (Å²) in [5.41, 5.74) is 2.77. The molecular formula is C16H22N4O3S. The van der Waals surface area contributed by atoms with Crippen molar-refractivity contribution in [1.82, 2.24) is 19.3 Å². The van der Waals surface area contributed by atoms with Crippen molar-refractivity contribution in [2.24, 2.45) is 0 Å². The van der Waals surface area contributed by atoms with E-state index in [1.807, 2.05) is 41.9 Å². The van der Waals surface area contributed by atoms with Gasteiger partial charge in [0.25, 0.3) is 0 Å². The molecular weight excluding hydrogens is 328 g/mol. The Hall–Kier alpha value is -1.77. The Balaban J connectivity index is 1.79. The number of fused-ring (bicyclic) bond motifs is 1. The minimum atomic E-state index is -3.33. The summed E-state index contributed by atoms with van der Waals surface area (Å²) in [7, 11) is -3.33. The van der Waals surface area contributed by atoms with Crippen LogP contribution in [-0.4, -0.2) is 47.1 Å². The molecule has 1 aliphatic heterocycles. The topological polar surface area (TPSA) is 77.3 Å². The highest BCUT2D eigenvalue weighted by Crippen LogP contribution is 2.30. The maximum absolute atomic E-state index is 12.1. The summed E-state index contributed by atoms with van der Waals surface area (Å²) in [6.07, 6.45) is 1.85. The fourth-order valence-corrected chi connectivity index (χ4v) is 4.09. The minimum Gasteiger partial charge on any atom is -0.375 e. The van der Waals surface area contributed by atoms with Crippen molar-refractivity contribution in [3.05, 3.63) is 47.3 Å². The Labute approximate surface area is 142 Å². The molecule has 8 heteroatoms. The van der Waals surface area contributed by atoms with Gasteiger partial charge < -0.3 is 4.74 Å². The zero-order valence-corrected chi connectivity index (χ0v) is 14.7. The number of rotatable bonds is 6. The first-order valence-electron chi connectivity index (χ1n) is 8.01. The Morgan fingerprint density at radius 2 is 2.04 bits per heavy atom. The van der Waals surface area contributed by atoms with Gasteiger partial charge in [0.15, 0.2) is 0 Å². The molecule has 0 fully saturated rings. The van der Waals surface area contributed by atoms with E-state index < -0.39 is 16.1 Å². The van der Waals surface area contributed by atoms with Crippen LogP contribution in [0.25, 0.3) is 0 Å². The minimum absolute atomic E-state index is 0.261. The molecule has 1 aliphatic rings. The molecule has 2 aromatic rings.